The number of imidazole rings is 1. The molecule has 2 aromatic rings. The van der Waals surface area contributed by atoms with Crippen LogP contribution in [0.5, 0.6) is 0 Å². The predicted molar refractivity (Wildman–Crippen MR) is 97.4 cm³/mol. The molecule has 1 atom stereocenters. The molecule has 0 aromatic carbocycles. The van der Waals surface area contributed by atoms with Crippen molar-refractivity contribution in [3.63, 3.8) is 0 Å². The number of piperidine rings is 1. The molecule has 6 heteroatoms. The Balaban J connectivity index is 1.43. The maximum Gasteiger partial charge on any atom is 0.152 e. The van der Waals surface area contributed by atoms with Gasteiger partial charge in [-0.05, 0) is 45.1 Å². The number of likely N-dealkylation sites (tertiary alicyclic amines) is 1. The summed E-state index contributed by atoms with van der Waals surface area (Å²) in [5.41, 5.74) is 0. The highest BCUT2D eigenvalue weighted by Gasteiger charge is 2.28. The molecule has 2 aromatic heterocycles. The van der Waals surface area contributed by atoms with Gasteiger partial charge in [0.05, 0.1) is 6.54 Å². The summed E-state index contributed by atoms with van der Waals surface area (Å²) in [6.45, 7) is 6.46. The molecule has 1 saturated carbocycles. The normalized spacial score (nSPS) is 22.7. The van der Waals surface area contributed by atoms with Crippen LogP contribution >= 0.6 is 0 Å². The smallest absolute Gasteiger partial charge is 0.152 e. The minimum absolute atomic E-state index is 0.519. The molecule has 0 bridgehead atoms. The zero-order valence-corrected chi connectivity index (χ0v) is 15.6. The van der Waals surface area contributed by atoms with Crippen LogP contribution in [0, 0.1) is 12.8 Å². The molecule has 2 aliphatic rings. The summed E-state index contributed by atoms with van der Waals surface area (Å²) in [6, 6.07) is 0. The fourth-order valence-corrected chi connectivity index (χ4v) is 4.58. The van der Waals surface area contributed by atoms with Gasteiger partial charge in [0.2, 0.25) is 0 Å². The molecule has 25 heavy (non-hydrogen) atoms. The van der Waals surface area contributed by atoms with Crippen molar-refractivity contribution in [1.29, 1.82) is 0 Å². The third kappa shape index (κ3) is 3.64. The Morgan fingerprint density at radius 2 is 1.96 bits per heavy atom. The average Bonchev–Trinajstić information content (AvgIpc) is 3.33. The van der Waals surface area contributed by atoms with Gasteiger partial charge in [0, 0.05) is 38.4 Å². The molecular weight excluding hydrogens is 312 g/mol. The van der Waals surface area contributed by atoms with Crippen LogP contribution in [0.15, 0.2) is 12.4 Å². The number of aromatic nitrogens is 5. The third-order valence-corrected chi connectivity index (χ3v) is 6.10. The molecule has 0 N–H and O–H groups in total. The van der Waals surface area contributed by atoms with Gasteiger partial charge in [0.15, 0.2) is 5.82 Å². The number of nitrogens with zero attached hydrogens (tertiary/aromatic N) is 6. The van der Waals surface area contributed by atoms with Gasteiger partial charge in [0.25, 0.3) is 0 Å². The SMILES string of the molecule is Cc1nccn1Cc1nnc([C@H]2CCCN(CC3CCCC3)C2)n1C. The van der Waals surface area contributed by atoms with E-state index in [1.54, 1.807) is 0 Å². The molecule has 6 nitrogen and oxygen atoms in total. The van der Waals surface area contributed by atoms with Crippen LogP contribution in [0.25, 0.3) is 0 Å². The maximum atomic E-state index is 4.57. The lowest BCUT2D eigenvalue weighted by Crippen LogP contribution is -2.38. The van der Waals surface area contributed by atoms with Crippen molar-refractivity contribution in [1.82, 2.24) is 29.2 Å². The van der Waals surface area contributed by atoms with E-state index >= 15 is 0 Å². The molecule has 0 unspecified atom stereocenters. The summed E-state index contributed by atoms with van der Waals surface area (Å²) >= 11 is 0. The maximum absolute atomic E-state index is 4.57. The number of rotatable bonds is 5. The summed E-state index contributed by atoms with van der Waals surface area (Å²) in [6.07, 6.45) is 12.1. The van der Waals surface area contributed by atoms with Gasteiger partial charge in [-0.2, -0.15) is 0 Å². The van der Waals surface area contributed by atoms with Crippen molar-refractivity contribution in [2.75, 3.05) is 19.6 Å². The lowest BCUT2D eigenvalue weighted by atomic mass is 9.95. The molecule has 1 saturated heterocycles. The third-order valence-electron chi connectivity index (χ3n) is 6.10. The van der Waals surface area contributed by atoms with Crippen LogP contribution in [0.4, 0.5) is 0 Å². The van der Waals surface area contributed by atoms with E-state index in [0.717, 1.165) is 36.5 Å². The monoisotopic (exact) mass is 342 g/mol. The van der Waals surface area contributed by atoms with E-state index in [9.17, 15) is 0 Å². The highest BCUT2D eigenvalue weighted by atomic mass is 15.3. The highest BCUT2D eigenvalue weighted by Crippen LogP contribution is 2.30. The largest absolute Gasteiger partial charge is 0.328 e. The Kier molecular flexibility index (Phi) is 4.88. The molecular formula is C19H30N6. The van der Waals surface area contributed by atoms with Gasteiger partial charge in [-0.3, -0.25) is 0 Å². The standard InChI is InChI=1S/C19H30N6/c1-15-20-9-11-25(15)14-18-21-22-19(23(18)2)17-8-5-10-24(13-17)12-16-6-3-4-7-16/h9,11,16-17H,3-8,10,12-14H2,1-2H3/t17-/m0/s1. The van der Waals surface area contributed by atoms with Crippen molar-refractivity contribution >= 4 is 0 Å². The lowest BCUT2D eigenvalue weighted by Gasteiger charge is -2.33. The Bertz CT molecular complexity index is 697. The van der Waals surface area contributed by atoms with E-state index < -0.39 is 0 Å². The first-order valence-corrected chi connectivity index (χ1v) is 9.79. The van der Waals surface area contributed by atoms with Crippen LogP contribution in [-0.4, -0.2) is 48.8 Å². The summed E-state index contributed by atoms with van der Waals surface area (Å²) < 4.78 is 4.34. The molecule has 1 aliphatic carbocycles. The average molecular weight is 342 g/mol. The first-order chi connectivity index (χ1) is 12.2. The van der Waals surface area contributed by atoms with Gasteiger partial charge in [-0.25, -0.2) is 4.98 Å². The predicted octanol–water partition coefficient (Wildman–Crippen LogP) is 2.74. The van der Waals surface area contributed by atoms with Crippen LogP contribution < -0.4 is 0 Å². The topological polar surface area (TPSA) is 51.8 Å². The van der Waals surface area contributed by atoms with E-state index in [0.29, 0.717) is 5.92 Å². The molecule has 136 valence electrons. The quantitative estimate of drug-likeness (QED) is 0.838. The van der Waals surface area contributed by atoms with Crippen LogP contribution in [-0.2, 0) is 13.6 Å². The summed E-state index contributed by atoms with van der Waals surface area (Å²) in [5, 5.41) is 9.05. The summed E-state index contributed by atoms with van der Waals surface area (Å²) in [5.74, 6) is 4.64. The molecule has 1 aliphatic heterocycles. The van der Waals surface area contributed by atoms with Gasteiger partial charge >= 0.3 is 0 Å². The number of hydrogen-bond acceptors (Lipinski definition) is 4. The second kappa shape index (κ2) is 7.28. The number of hydrogen-bond donors (Lipinski definition) is 0. The van der Waals surface area contributed by atoms with Crippen LogP contribution in [0.3, 0.4) is 0 Å². The van der Waals surface area contributed by atoms with Crippen molar-refractivity contribution in [3.05, 3.63) is 29.9 Å². The van der Waals surface area contributed by atoms with Crippen molar-refractivity contribution < 1.29 is 0 Å². The first-order valence-electron chi connectivity index (χ1n) is 9.79. The Morgan fingerprint density at radius 3 is 2.72 bits per heavy atom. The molecule has 0 spiro atoms. The van der Waals surface area contributed by atoms with Crippen molar-refractivity contribution in [3.8, 4) is 0 Å². The minimum atomic E-state index is 0.519. The summed E-state index contributed by atoms with van der Waals surface area (Å²) in [7, 11) is 2.12. The van der Waals surface area contributed by atoms with Crippen molar-refractivity contribution in [2.24, 2.45) is 13.0 Å². The lowest BCUT2D eigenvalue weighted by molar-refractivity contribution is 0.175. The van der Waals surface area contributed by atoms with Crippen molar-refractivity contribution in [2.45, 2.75) is 57.9 Å². The minimum Gasteiger partial charge on any atom is -0.328 e. The fourth-order valence-electron chi connectivity index (χ4n) is 4.58. The molecule has 2 fully saturated rings. The second-order valence-corrected chi connectivity index (χ2v) is 7.89. The van der Waals surface area contributed by atoms with E-state index in [-0.39, 0.29) is 0 Å². The van der Waals surface area contributed by atoms with E-state index in [1.165, 1.54) is 51.6 Å². The highest BCUT2D eigenvalue weighted by molar-refractivity contribution is 5.05. The molecule has 0 radical (unpaired) electrons. The molecule has 3 heterocycles. The van der Waals surface area contributed by atoms with E-state index in [2.05, 4.69) is 36.3 Å². The Labute approximate surface area is 150 Å². The van der Waals surface area contributed by atoms with Gasteiger partial charge < -0.3 is 14.0 Å². The number of aryl methyl sites for hydroxylation is 1. The van der Waals surface area contributed by atoms with Gasteiger partial charge in [0.1, 0.15) is 11.6 Å². The summed E-state index contributed by atoms with van der Waals surface area (Å²) in [4.78, 5) is 6.98. The Morgan fingerprint density at radius 1 is 1.12 bits per heavy atom. The van der Waals surface area contributed by atoms with E-state index in [1.807, 2.05) is 19.3 Å². The zero-order valence-electron chi connectivity index (χ0n) is 15.6. The van der Waals surface area contributed by atoms with Crippen LogP contribution in [0.2, 0.25) is 0 Å². The van der Waals surface area contributed by atoms with Crippen LogP contribution in [0.1, 0.15) is 61.9 Å². The second-order valence-electron chi connectivity index (χ2n) is 7.89. The Hall–Kier alpha value is -1.69. The fraction of sp³-hybridized carbons (Fsp3) is 0.737. The first kappa shape index (κ1) is 16.8. The van der Waals surface area contributed by atoms with E-state index in [4.69, 9.17) is 0 Å². The zero-order chi connectivity index (χ0) is 17.2. The molecule has 4 rings (SSSR count). The van der Waals surface area contributed by atoms with Gasteiger partial charge in [-0.15, -0.1) is 10.2 Å². The van der Waals surface area contributed by atoms with Gasteiger partial charge in [-0.1, -0.05) is 12.8 Å². The molecule has 0 amide bonds.